The van der Waals surface area contributed by atoms with Gasteiger partial charge in [0.2, 0.25) is 0 Å². The summed E-state index contributed by atoms with van der Waals surface area (Å²) in [7, 11) is 0. The number of hydrogen-bond donors (Lipinski definition) is 0. The lowest BCUT2D eigenvalue weighted by Crippen LogP contribution is -2.07. The Morgan fingerprint density at radius 2 is 1.71 bits per heavy atom. The maximum atomic E-state index is 7.79. The Balaban J connectivity index is 0.000000690. The van der Waals surface area contributed by atoms with Gasteiger partial charge in [-0.05, 0) is 23.5 Å². The van der Waals surface area contributed by atoms with Crippen LogP contribution in [0.5, 0.6) is 0 Å². The van der Waals surface area contributed by atoms with E-state index in [4.69, 9.17) is 5.26 Å². The molecule has 0 unspecified atom stereocenters. The molecule has 0 radical (unpaired) electrons. The van der Waals surface area contributed by atoms with Crippen molar-refractivity contribution in [3.8, 4) is 6.07 Å². The van der Waals surface area contributed by atoms with Crippen molar-refractivity contribution in [1.29, 1.82) is 5.26 Å². The highest BCUT2D eigenvalue weighted by atomic mass is 14.2. The fraction of sp³-hybridized carbons (Fsp3) is 0.250. The fourth-order valence-electron chi connectivity index (χ4n) is 1.42. The van der Waals surface area contributed by atoms with Crippen molar-refractivity contribution in [2.45, 2.75) is 27.7 Å². The van der Waals surface area contributed by atoms with Crippen LogP contribution in [0.2, 0.25) is 0 Å². The molecule has 0 heterocycles. The Hall–Kier alpha value is -2.33. The van der Waals surface area contributed by atoms with Crippen LogP contribution in [0.25, 0.3) is 6.08 Å². The van der Waals surface area contributed by atoms with Crippen molar-refractivity contribution < 1.29 is 0 Å². The van der Waals surface area contributed by atoms with Crippen molar-refractivity contribution in [3.05, 3.63) is 78.4 Å². The molecule has 0 aliphatic carbocycles. The Morgan fingerprint density at radius 3 is 2.10 bits per heavy atom. The monoisotopic (exact) mass is 279 g/mol. The summed E-state index contributed by atoms with van der Waals surface area (Å²) < 4.78 is 0. The standard InChI is InChI=1S/C16H20.C4H5N/c1-5-6-12-15(16(2,3)4)13-14-10-8-7-9-11-14;1-4(2)3-5/h5-13H,1H2,2-4H3;1H2,2H3. The average Bonchev–Trinajstić information content (AvgIpc) is 2.44. The lowest BCUT2D eigenvalue weighted by Gasteiger charge is -2.20. The number of rotatable bonds is 3. The SMILES string of the molecule is C=C(C)C#N.C=CC=CC(=Cc1ccccc1)C(C)(C)C. The van der Waals surface area contributed by atoms with Crippen LogP contribution in [0.4, 0.5) is 0 Å². The first-order valence-corrected chi connectivity index (χ1v) is 6.93. The maximum absolute atomic E-state index is 7.79. The topological polar surface area (TPSA) is 23.8 Å². The number of hydrogen-bond acceptors (Lipinski definition) is 1. The number of allylic oxidation sites excluding steroid dienone is 5. The highest BCUT2D eigenvalue weighted by molar-refractivity contribution is 5.57. The molecule has 1 rings (SSSR count). The number of benzene rings is 1. The van der Waals surface area contributed by atoms with Gasteiger partial charge in [-0.25, -0.2) is 0 Å². The Labute approximate surface area is 129 Å². The Kier molecular flexibility index (Phi) is 8.49. The van der Waals surface area contributed by atoms with E-state index in [9.17, 15) is 0 Å². The summed E-state index contributed by atoms with van der Waals surface area (Å²) in [4.78, 5) is 0. The zero-order chi connectivity index (χ0) is 16.3. The number of nitrogens with zero attached hydrogens (tertiary/aromatic N) is 1. The van der Waals surface area contributed by atoms with E-state index >= 15 is 0 Å². The van der Waals surface area contributed by atoms with Crippen molar-refractivity contribution in [1.82, 2.24) is 0 Å². The van der Waals surface area contributed by atoms with E-state index in [1.807, 2.05) is 24.3 Å². The van der Waals surface area contributed by atoms with Crippen molar-refractivity contribution in [2.24, 2.45) is 5.41 Å². The second kappa shape index (κ2) is 9.55. The summed E-state index contributed by atoms with van der Waals surface area (Å²) in [6.45, 7) is 15.3. The minimum Gasteiger partial charge on any atom is -0.193 e. The molecule has 0 saturated carbocycles. The molecule has 0 saturated heterocycles. The molecule has 0 aliphatic rings. The molecule has 110 valence electrons. The molecule has 0 N–H and O–H groups in total. The van der Waals surface area contributed by atoms with Gasteiger partial charge in [0.1, 0.15) is 0 Å². The third-order valence-corrected chi connectivity index (χ3v) is 2.59. The second-order valence-corrected chi connectivity index (χ2v) is 5.75. The summed E-state index contributed by atoms with van der Waals surface area (Å²) >= 11 is 0. The van der Waals surface area contributed by atoms with Crippen LogP contribution in [0, 0.1) is 16.7 Å². The fourth-order valence-corrected chi connectivity index (χ4v) is 1.42. The van der Waals surface area contributed by atoms with Gasteiger partial charge in [-0.2, -0.15) is 5.26 Å². The zero-order valence-electron chi connectivity index (χ0n) is 13.6. The van der Waals surface area contributed by atoms with Gasteiger partial charge in [-0.15, -0.1) is 0 Å². The van der Waals surface area contributed by atoms with Crippen LogP contribution in [-0.2, 0) is 0 Å². The largest absolute Gasteiger partial charge is 0.193 e. The lowest BCUT2D eigenvalue weighted by molar-refractivity contribution is 0.520. The third kappa shape index (κ3) is 9.24. The highest BCUT2D eigenvalue weighted by Crippen LogP contribution is 2.28. The molecule has 1 aromatic rings. The first-order valence-electron chi connectivity index (χ1n) is 6.93. The van der Waals surface area contributed by atoms with E-state index in [1.165, 1.54) is 11.1 Å². The first kappa shape index (κ1) is 18.7. The maximum Gasteiger partial charge on any atom is 0.0937 e. The van der Waals surface area contributed by atoms with E-state index in [0.29, 0.717) is 5.57 Å². The Bertz CT molecular complexity index is 546. The van der Waals surface area contributed by atoms with Gasteiger partial charge >= 0.3 is 0 Å². The minimum atomic E-state index is 0.148. The predicted octanol–water partition coefficient (Wildman–Crippen LogP) is 5.94. The molecule has 1 nitrogen and oxygen atoms in total. The van der Waals surface area contributed by atoms with Crippen molar-refractivity contribution >= 4 is 6.08 Å². The lowest BCUT2D eigenvalue weighted by atomic mass is 9.85. The van der Waals surface area contributed by atoms with Gasteiger partial charge in [-0.3, -0.25) is 0 Å². The minimum absolute atomic E-state index is 0.148. The van der Waals surface area contributed by atoms with E-state index in [-0.39, 0.29) is 5.41 Å². The summed E-state index contributed by atoms with van der Waals surface area (Å²) in [5, 5.41) is 7.79. The van der Waals surface area contributed by atoms with Gasteiger partial charge in [0.15, 0.2) is 0 Å². The summed E-state index contributed by atoms with van der Waals surface area (Å²) in [6.07, 6.45) is 8.14. The Morgan fingerprint density at radius 1 is 1.19 bits per heavy atom. The third-order valence-electron chi connectivity index (χ3n) is 2.59. The molecule has 0 aliphatic heterocycles. The van der Waals surface area contributed by atoms with Gasteiger partial charge in [-0.1, -0.05) is 88.6 Å². The highest BCUT2D eigenvalue weighted by Gasteiger charge is 2.13. The smallest absolute Gasteiger partial charge is 0.0937 e. The molecular formula is C20H25N. The first-order chi connectivity index (χ1) is 9.81. The molecule has 0 bridgehead atoms. The second-order valence-electron chi connectivity index (χ2n) is 5.75. The van der Waals surface area contributed by atoms with E-state index in [2.05, 4.69) is 70.3 Å². The molecule has 1 heteroatoms. The van der Waals surface area contributed by atoms with Crippen molar-refractivity contribution in [3.63, 3.8) is 0 Å². The van der Waals surface area contributed by atoms with Crippen LogP contribution >= 0.6 is 0 Å². The molecule has 0 fully saturated rings. The van der Waals surface area contributed by atoms with E-state index in [1.54, 1.807) is 6.92 Å². The van der Waals surface area contributed by atoms with Crippen molar-refractivity contribution in [2.75, 3.05) is 0 Å². The van der Waals surface area contributed by atoms with Gasteiger partial charge in [0.25, 0.3) is 0 Å². The molecular weight excluding hydrogens is 254 g/mol. The normalized spacial score (nSPS) is 11.3. The summed E-state index contributed by atoms with van der Waals surface area (Å²) in [5.41, 5.74) is 3.25. The summed E-state index contributed by atoms with van der Waals surface area (Å²) in [5.74, 6) is 0. The van der Waals surface area contributed by atoms with Crippen LogP contribution in [-0.4, -0.2) is 0 Å². The van der Waals surface area contributed by atoms with Crippen LogP contribution in [0.15, 0.2) is 72.9 Å². The zero-order valence-corrected chi connectivity index (χ0v) is 13.6. The quantitative estimate of drug-likeness (QED) is 0.496. The van der Waals surface area contributed by atoms with E-state index in [0.717, 1.165) is 0 Å². The van der Waals surface area contributed by atoms with Gasteiger partial charge in [0.05, 0.1) is 6.07 Å². The molecule has 0 spiro atoms. The molecule has 21 heavy (non-hydrogen) atoms. The van der Waals surface area contributed by atoms with Crippen LogP contribution in [0.3, 0.4) is 0 Å². The van der Waals surface area contributed by atoms with Gasteiger partial charge < -0.3 is 0 Å². The molecule has 0 amide bonds. The summed E-state index contributed by atoms with van der Waals surface area (Å²) in [6, 6.07) is 12.2. The van der Waals surface area contributed by atoms with Crippen LogP contribution in [0.1, 0.15) is 33.3 Å². The van der Waals surface area contributed by atoms with E-state index < -0.39 is 0 Å². The molecule has 0 aromatic heterocycles. The molecule has 0 atom stereocenters. The average molecular weight is 279 g/mol. The number of nitriles is 1. The molecule has 1 aromatic carbocycles. The predicted molar refractivity (Wildman–Crippen MR) is 93.6 cm³/mol. The van der Waals surface area contributed by atoms with Crippen LogP contribution < -0.4 is 0 Å². The van der Waals surface area contributed by atoms with Gasteiger partial charge in [0, 0.05) is 5.57 Å².